The Labute approximate surface area is 109 Å². The Morgan fingerprint density at radius 1 is 1.35 bits per heavy atom. The minimum Gasteiger partial charge on any atom is -0.497 e. The molecule has 1 heterocycles. The molecule has 0 aliphatic rings. The molecular formula is C13H13ClO2S. The molecule has 0 radical (unpaired) electrons. The number of aliphatic hydroxyl groups is 1. The van der Waals surface area contributed by atoms with Gasteiger partial charge in [0.2, 0.25) is 0 Å². The highest BCUT2D eigenvalue weighted by Crippen LogP contribution is 2.29. The lowest BCUT2D eigenvalue weighted by atomic mass is 10.1. The van der Waals surface area contributed by atoms with Crippen molar-refractivity contribution in [3.05, 3.63) is 51.2 Å². The second-order valence-electron chi connectivity index (χ2n) is 3.71. The lowest BCUT2D eigenvalue weighted by Gasteiger charge is -2.09. The second kappa shape index (κ2) is 5.54. The van der Waals surface area contributed by atoms with Crippen LogP contribution in [0.5, 0.6) is 5.75 Å². The first-order chi connectivity index (χ1) is 8.19. The Kier molecular flexibility index (Phi) is 4.05. The maximum Gasteiger partial charge on any atom is 0.119 e. The molecule has 4 heteroatoms. The van der Waals surface area contributed by atoms with Crippen molar-refractivity contribution < 1.29 is 9.84 Å². The molecule has 0 spiro atoms. The minimum atomic E-state index is -0.514. The van der Waals surface area contributed by atoms with Crippen LogP contribution in [-0.4, -0.2) is 12.2 Å². The van der Waals surface area contributed by atoms with E-state index in [2.05, 4.69) is 0 Å². The Morgan fingerprint density at radius 2 is 2.18 bits per heavy atom. The largest absolute Gasteiger partial charge is 0.497 e. The monoisotopic (exact) mass is 268 g/mol. The zero-order valence-corrected chi connectivity index (χ0v) is 11.0. The molecule has 0 saturated carbocycles. The number of benzene rings is 1. The Morgan fingerprint density at radius 3 is 2.82 bits per heavy atom. The average molecular weight is 269 g/mol. The average Bonchev–Trinajstić information content (AvgIpc) is 2.76. The number of hydrogen-bond acceptors (Lipinski definition) is 3. The molecule has 0 aliphatic heterocycles. The van der Waals surface area contributed by atoms with Crippen molar-refractivity contribution in [3.63, 3.8) is 0 Å². The van der Waals surface area contributed by atoms with Gasteiger partial charge in [0.15, 0.2) is 0 Å². The van der Waals surface area contributed by atoms with Crippen LogP contribution in [-0.2, 0) is 6.42 Å². The summed E-state index contributed by atoms with van der Waals surface area (Å²) in [6.45, 7) is 0. The first-order valence-corrected chi connectivity index (χ1v) is 6.44. The highest BCUT2D eigenvalue weighted by Gasteiger charge is 2.11. The summed E-state index contributed by atoms with van der Waals surface area (Å²) in [6, 6.07) is 11.4. The SMILES string of the molecule is COc1cccc(CC(O)c2ccc(Cl)s2)c1. The number of methoxy groups -OCH3 is 1. The molecule has 0 amide bonds. The highest BCUT2D eigenvalue weighted by molar-refractivity contribution is 7.16. The van der Waals surface area contributed by atoms with Crippen LogP contribution in [0.25, 0.3) is 0 Å². The zero-order valence-electron chi connectivity index (χ0n) is 9.39. The number of aliphatic hydroxyl groups excluding tert-OH is 1. The third kappa shape index (κ3) is 3.22. The summed E-state index contributed by atoms with van der Waals surface area (Å²) in [7, 11) is 1.63. The van der Waals surface area contributed by atoms with Gasteiger partial charge in [-0.25, -0.2) is 0 Å². The fourth-order valence-corrected chi connectivity index (χ4v) is 2.68. The number of thiophene rings is 1. The lowest BCUT2D eigenvalue weighted by molar-refractivity contribution is 0.182. The van der Waals surface area contributed by atoms with Crippen molar-refractivity contribution in [2.24, 2.45) is 0 Å². The summed E-state index contributed by atoms with van der Waals surface area (Å²) in [4.78, 5) is 0.887. The van der Waals surface area contributed by atoms with Gasteiger partial charge in [-0.05, 0) is 29.8 Å². The number of ether oxygens (including phenoxy) is 1. The number of halogens is 1. The van der Waals surface area contributed by atoms with Gasteiger partial charge in [0.25, 0.3) is 0 Å². The highest BCUT2D eigenvalue weighted by atomic mass is 35.5. The van der Waals surface area contributed by atoms with Gasteiger partial charge in [-0.3, -0.25) is 0 Å². The standard InChI is InChI=1S/C13H13ClO2S/c1-16-10-4-2-3-9(7-10)8-11(15)12-5-6-13(14)17-12/h2-7,11,15H,8H2,1H3. The van der Waals surface area contributed by atoms with Crippen molar-refractivity contribution in [1.82, 2.24) is 0 Å². The van der Waals surface area contributed by atoms with E-state index in [0.29, 0.717) is 10.8 Å². The van der Waals surface area contributed by atoms with Crippen LogP contribution in [0.1, 0.15) is 16.5 Å². The molecule has 90 valence electrons. The maximum atomic E-state index is 10.1. The fraction of sp³-hybridized carbons (Fsp3) is 0.231. The molecule has 2 nitrogen and oxygen atoms in total. The van der Waals surface area contributed by atoms with Crippen LogP contribution < -0.4 is 4.74 Å². The molecule has 1 aromatic heterocycles. The van der Waals surface area contributed by atoms with Gasteiger partial charge in [0.1, 0.15) is 5.75 Å². The maximum absolute atomic E-state index is 10.1. The van der Waals surface area contributed by atoms with Crippen molar-refractivity contribution >= 4 is 22.9 Å². The molecule has 1 N–H and O–H groups in total. The van der Waals surface area contributed by atoms with Gasteiger partial charge in [-0.2, -0.15) is 0 Å². The van der Waals surface area contributed by atoms with Crippen molar-refractivity contribution in [1.29, 1.82) is 0 Å². The van der Waals surface area contributed by atoms with Crippen LogP contribution in [0, 0.1) is 0 Å². The second-order valence-corrected chi connectivity index (χ2v) is 5.46. The molecular weight excluding hydrogens is 256 g/mol. The Balaban J connectivity index is 2.09. The number of rotatable bonds is 4. The molecule has 0 bridgehead atoms. The van der Waals surface area contributed by atoms with Crippen LogP contribution in [0.3, 0.4) is 0 Å². The normalized spacial score (nSPS) is 12.4. The first-order valence-electron chi connectivity index (χ1n) is 5.25. The van der Waals surface area contributed by atoms with Crippen LogP contribution >= 0.6 is 22.9 Å². The van der Waals surface area contributed by atoms with E-state index in [4.69, 9.17) is 16.3 Å². The Bertz CT molecular complexity index is 496. The zero-order chi connectivity index (χ0) is 12.3. The topological polar surface area (TPSA) is 29.5 Å². The molecule has 0 fully saturated rings. The molecule has 2 aromatic rings. The molecule has 2 rings (SSSR count). The molecule has 0 aliphatic carbocycles. The summed E-state index contributed by atoms with van der Waals surface area (Å²) in [5.74, 6) is 0.805. The van der Waals surface area contributed by atoms with E-state index in [1.165, 1.54) is 11.3 Å². The predicted octanol–water partition coefficient (Wildman–Crippen LogP) is 3.69. The van der Waals surface area contributed by atoms with Gasteiger partial charge in [0, 0.05) is 11.3 Å². The smallest absolute Gasteiger partial charge is 0.119 e. The lowest BCUT2D eigenvalue weighted by Crippen LogP contribution is -1.99. The van der Waals surface area contributed by atoms with Crippen LogP contribution in [0.4, 0.5) is 0 Å². The quantitative estimate of drug-likeness (QED) is 0.916. The van der Waals surface area contributed by atoms with E-state index in [9.17, 15) is 5.11 Å². The van der Waals surface area contributed by atoms with Crippen LogP contribution in [0.2, 0.25) is 4.34 Å². The molecule has 17 heavy (non-hydrogen) atoms. The van der Waals surface area contributed by atoms with E-state index in [1.807, 2.05) is 30.3 Å². The third-order valence-corrected chi connectivity index (χ3v) is 3.82. The molecule has 1 unspecified atom stereocenters. The van der Waals surface area contributed by atoms with Crippen molar-refractivity contribution in [3.8, 4) is 5.75 Å². The van der Waals surface area contributed by atoms with Crippen LogP contribution in [0.15, 0.2) is 36.4 Å². The van der Waals surface area contributed by atoms with E-state index in [1.54, 1.807) is 13.2 Å². The van der Waals surface area contributed by atoms with E-state index < -0.39 is 6.10 Å². The number of hydrogen-bond donors (Lipinski definition) is 1. The fourth-order valence-electron chi connectivity index (χ4n) is 1.63. The Hall–Kier alpha value is -1.03. The van der Waals surface area contributed by atoms with Crippen molar-refractivity contribution in [2.45, 2.75) is 12.5 Å². The molecule has 0 saturated heterocycles. The summed E-state index contributed by atoms with van der Waals surface area (Å²) in [5, 5.41) is 10.1. The predicted molar refractivity (Wildman–Crippen MR) is 71.0 cm³/mol. The van der Waals surface area contributed by atoms with Gasteiger partial charge < -0.3 is 9.84 Å². The third-order valence-electron chi connectivity index (χ3n) is 2.49. The molecule has 1 atom stereocenters. The summed E-state index contributed by atoms with van der Waals surface area (Å²) in [5.41, 5.74) is 1.04. The summed E-state index contributed by atoms with van der Waals surface area (Å²) >= 11 is 7.25. The van der Waals surface area contributed by atoms with Gasteiger partial charge in [0.05, 0.1) is 17.6 Å². The summed E-state index contributed by atoms with van der Waals surface area (Å²) in [6.07, 6.45) is 0.0493. The van der Waals surface area contributed by atoms with E-state index in [0.717, 1.165) is 16.2 Å². The minimum absolute atomic E-state index is 0.514. The van der Waals surface area contributed by atoms with Gasteiger partial charge in [-0.15, -0.1) is 11.3 Å². The first kappa shape index (κ1) is 12.4. The van der Waals surface area contributed by atoms with Gasteiger partial charge in [-0.1, -0.05) is 23.7 Å². The molecule has 1 aromatic carbocycles. The van der Waals surface area contributed by atoms with Gasteiger partial charge >= 0.3 is 0 Å². The van der Waals surface area contributed by atoms with Crippen molar-refractivity contribution in [2.75, 3.05) is 7.11 Å². The van der Waals surface area contributed by atoms with E-state index in [-0.39, 0.29) is 0 Å². The van der Waals surface area contributed by atoms with E-state index >= 15 is 0 Å². The summed E-state index contributed by atoms with van der Waals surface area (Å²) < 4.78 is 5.84.